The van der Waals surface area contributed by atoms with Gasteiger partial charge in [-0.2, -0.15) is 0 Å². The van der Waals surface area contributed by atoms with Gasteiger partial charge in [0.1, 0.15) is 10.7 Å². The Kier molecular flexibility index (Phi) is 4.38. The topological polar surface area (TPSA) is 80.3 Å². The molecule has 1 aliphatic carbocycles. The lowest BCUT2D eigenvalue weighted by Gasteiger charge is -2.25. The van der Waals surface area contributed by atoms with Crippen molar-refractivity contribution in [2.75, 3.05) is 6.54 Å². The third kappa shape index (κ3) is 3.49. The molecular formula is C11H13ClFNO4S2. The highest BCUT2D eigenvalue weighted by molar-refractivity contribution is 8.13. The Hall–Kier alpha value is -0.700. The quantitative estimate of drug-likeness (QED) is 0.828. The van der Waals surface area contributed by atoms with E-state index in [4.69, 9.17) is 10.7 Å². The van der Waals surface area contributed by atoms with Crippen LogP contribution in [-0.4, -0.2) is 23.4 Å². The van der Waals surface area contributed by atoms with E-state index in [2.05, 4.69) is 4.72 Å². The normalized spacial score (nSPS) is 16.9. The predicted molar refractivity (Wildman–Crippen MR) is 72.0 cm³/mol. The first-order valence-electron chi connectivity index (χ1n) is 5.94. The molecule has 1 N–H and O–H groups in total. The minimum atomic E-state index is -4.09. The number of benzene rings is 1. The zero-order valence-corrected chi connectivity index (χ0v) is 12.7. The summed E-state index contributed by atoms with van der Waals surface area (Å²) in [6, 6.07) is 2.46. The molecule has 0 aliphatic heterocycles. The molecule has 0 amide bonds. The number of hydrogen-bond acceptors (Lipinski definition) is 4. The molecule has 0 radical (unpaired) electrons. The Morgan fingerprint density at radius 1 is 1.25 bits per heavy atom. The first-order valence-corrected chi connectivity index (χ1v) is 9.73. The van der Waals surface area contributed by atoms with Gasteiger partial charge in [-0.05, 0) is 37.0 Å². The van der Waals surface area contributed by atoms with Gasteiger partial charge in [-0.25, -0.2) is 25.9 Å². The van der Waals surface area contributed by atoms with E-state index < -0.39 is 34.7 Å². The summed E-state index contributed by atoms with van der Waals surface area (Å²) in [7, 11) is -3.01. The molecule has 0 unspecified atom stereocenters. The van der Waals surface area contributed by atoms with Crippen LogP contribution >= 0.6 is 10.7 Å². The molecule has 0 saturated heterocycles. The van der Waals surface area contributed by atoms with Crippen LogP contribution in [0.25, 0.3) is 0 Å². The maximum absolute atomic E-state index is 13.8. The highest BCUT2D eigenvalue weighted by atomic mass is 35.7. The minimum absolute atomic E-state index is 0.261. The lowest BCUT2D eigenvalue weighted by Crippen LogP contribution is -2.32. The lowest BCUT2D eigenvalue weighted by atomic mass is 9.86. The van der Waals surface area contributed by atoms with E-state index in [1.807, 2.05) is 0 Å². The Morgan fingerprint density at radius 3 is 2.35 bits per heavy atom. The fraction of sp³-hybridized carbons (Fsp3) is 0.455. The third-order valence-electron chi connectivity index (χ3n) is 3.26. The fourth-order valence-corrected chi connectivity index (χ4v) is 3.79. The van der Waals surface area contributed by atoms with Gasteiger partial charge in [0, 0.05) is 17.2 Å². The summed E-state index contributed by atoms with van der Waals surface area (Å²) >= 11 is 0. The number of rotatable bonds is 5. The number of halogens is 2. The average molecular weight is 342 g/mol. The minimum Gasteiger partial charge on any atom is -0.211 e. The summed E-state index contributed by atoms with van der Waals surface area (Å²) in [5, 5.41) is 0. The zero-order valence-electron chi connectivity index (χ0n) is 10.3. The van der Waals surface area contributed by atoms with Crippen molar-refractivity contribution in [1.29, 1.82) is 0 Å². The summed E-state index contributed by atoms with van der Waals surface area (Å²) in [5.41, 5.74) is 0. The molecule has 5 nitrogen and oxygen atoms in total. The van der Waals surface area contributed by atoms with Crippen LogP contribution in [-0.2, 0) is 19.1 Å². The van der Waals surface area contributed by atoms with Crippen LogP contribution in [0.3, 0.4) is 0 Å². The van der Waals surface area contributed by atoms with Crippen LogP contribution < -0.4 is 4.72 Å². The largest absolute Gasteiger partial charge is 0.261 e. The average Bonchev–Trinajstić information content (AvgIpc) is 2.24. The second-order valence-electron chi connectivity index (χ2n) is 4.68. The predicted octanol–water partition coefficient (Wildman–Crippen LogP) is 1.83. The molecule has 112 valence electrons. The first kappa shape index (κ1) is 15.7. The standard InChI is InChI=1S/C11H13ClFNO4S2/c12-19(15,16)9-4-5-11(10(13)6-9)20(17,18)14-7-8-2-1-3-8/h4-6,8,14H,1-3,7H2. The molecule has 1 aromatic rings. The van der Waals surface area contributed by atoms with Crippen molar-refractivity contribution in [3.63, 3.8) is 0 Å². The van der Waals surface area contributed by atoms with E-state index in [1.54, 1.807) is 0 Å². The maximum Gasteiger partial charge on any atom is 0.261 e. The molecule has 1 saturated carbocycles. The third-order valence-corrected chi connectivity index (χ3v) is 6.07. The van der Waals surface area contributed by atoms with Crippen molar-refractivity contribution in [3.05, 3.63) is 24.0 Å². The van der Waals surface area contributed by atoms with Crippen molar-refractivity contribution >= 4 is 29.8 Å². The van der Waals surface area contributed by atoms with Crippen molar-refractivity contribution in [1.82, 2.24) is 4.72 Å². The van der Waals surface area contributed by atoms with Gasteiger partial charge >= 0.3 is 0 Å². The van der Waals surface area contributed by atoms with E-state index in [0.717, 1.165) is 31.4 Å². The highest BCUT2D eigenvalue weighted by Crippen LogP contribution is 2.26. The maximum atomic E-state index is 13.8. The molecular weight excluding hydrogens is 329 g/mol. The molecule has 0 atom stereocenters. The number of sulfonamides is 1. The van der Waals surface area contributed by atoms with Crippen LogP contribution in [0, 0.1) is 11.7 Å². The molecule has 20 heavy (non-hydrogen) atoms. The van der Waals surface area contributed by atoms with Crippen molar-refractivity contribution in [3.8, 4) is 0 Å². The van der Waals surface area contributed by atoms with Crippen molar-refractivity contribution < 1.29 is 21.2 Å². The summed E-state index contributed by atoms with van der Waals surface area (Å²) in [4.78, 5) is -1.06. The van der Waals surface area contributed by atoms with Gasteiger partial charge in [-0.3, -0.25) is 0 Å². The molecule has 0 spiro atoms. The molecule has 1 aliphatic rings. The Labute approximate surface area is 121 Å². The van der Waals surface area contributed by atoms with Gasteiger partial charge < -0.3 is 0 Å². The molecule has 0 aromatic heterocycles. The highest BCUT2D eigenvalue weighted by Gasteiger charge is 2.24. The molecule has 0 heterocycles. The van der Waals surface area contributed by atoms with Gasteiger partial charge in [-0.1, -0.05) is 6.42 Å². The van der Waals surface area contributed by atoms with E-state index in [9.17, 15) is 21.2 Å². The summed E-state index contributed by atoms with van der Waals surface area (Å²) < 4.78 is 62.0. The SMILES string of the molecule is O=S(=O)(Cl)c1ccc(S(=O)(=O)NCC2CCC2)c(F)c1. The second-order valence-corrected chi connectivity index (χ2v) is 8.98. The zero-order chi connectivity index (χ0) is 15.0. The van der Waals surface area contributed by atoms with Gasteiger partial charge in [0.25, 0.3) is 9.05 Å². The molecule has 9 heteroatoms. The smallest absolute Gasteiger partial charge is 0.211 e. The summed E-state index contributed by atoms with van der Waals surface area (Å²) in [6.07, 6.45) is 2.98. The summed E-state index contributed by atoms with van der Waals surface area (Å²) in [5.74, 6) is -0.858. The van der Waals surface area contributed by atoms with Crippen molar-refractivity contribution in [2.24, 2.45) is 5.92 Å². The number of nitrogens with one attached hydrogen (secondary N) is 1. The molecule has 2 rings (SSSR count). The second kappa shape index (κ2) is 5.59. The molecule has 1 fully saturated rings. The van der Waals surface area contributed by atoms with Crippen LogP contribution in [0.15, 0.2) is 28.0 Å². The Bertz CT molecular complexity index is 714. The number of hydrogen-bond donors (Lipinski definition) is 1. The van der Waals surface area contributed by atoms with Crippen LogP contribution in [0.1, 0.15) is 19.3 Å². The van der Waals surface area contributed by atoms with Gasteiger partial charge in [-0.15, -0.1) is 0 Å². The molecule has 0 bridgehead atoms. The van der Waals surface area contributed by atoms with Gasteiger partial charge in [0.2, 0.25) is 10.0 Å². The Morgan fingerprint density at radius 2 is 1.90 bits per heavy atom. The Balaban J connectivity index is 2.23. The summed E-state index contributed by atoms with van der Waals surface area (Å²) in [6.45, 7) is 0.261. The van der Waals surface area contributed by atoms with Gasteiger partial charge in [0.05, 0.1) is 4.90 Å². The van der Waals surface area contributed by atoms with Crippen molar-refractivity contribution in [2.45, 2.75) is 29.1 Å². The fourth-order valence-electron chi connectivity index (χ4n) is 1.85. The van der Waals surface area contributed by atoms with E-state index in [1.165, 1.54) is 0 Å². The van der Waals surface area contributed by atoms with Crippen LogP contribution in [0.5, 0.6) is 0 Å². The lowest BCUT2D eigenvalue weighted by molar-refractivity contribution is 0.316. The van der Waals surface area contributed by atoms with Crippen LogP contribution in [0.2, 0.25) is 0 Å². The van der Waals surface area contributed by atoms with E-state index in [-0.39, 0.29) is 12.5 Å². The van der Waals surface area contributed by atoms with Gasteiger partial charge in [0.15, 0.2) is 0 Å². The molecule has 1 aromatic carbocycles. The first-order chi connectivity index (χ1) is 9.20. The van der Waals surface area contributed by atoms with Crippen LogP contribution in [0.4, 0.5) is 4.39 Å². The van der Waals surface area contributed by atoms with E-state index in [0.29, 0.717) is 6.07 Å². The monoisotopic (exact) mass is 341 g/mol. The van der Waals surface area contributed by atoms with E-state index >= 15 is 0 Å².